The topological polar surface area (TPSA) is 754 Å². The second-order valence-electron chi connectivity index (χ2n) is 36.5. The summed E-state index contributed by atoms with van der Waals surface area (Å²) in [5, 5.41) is 48.0. The van der Waals surface area contributed by atoms with Crippen molar-refractivity contribution in [2.45, 2.75) is 213 Å². The van der Waals surface area contributed by atoms with Crippen LogP contribution < -0.4 is 194 Å². The summed E-state index contributed by atoms with van der Waals surface area (Å²) >= 11 is 0. The Morgan fingerprint density at radius 3 is 0.887 bits per heavy atom. The van der Waals surface area contributed by atoms with E-state index < -0.39 is 0 Å². The van der Waals surface area contributed by atoms with Gasteiger partial charge in [0, 0.05) is 136 Å². The molecule has 4 amide bonds. The van der Waals surface area contributed by atoms with Crippen molar-refractivity contribution >= 4 is 12.1 Å². The molecular weight excluding hydrogens is 1780 g/mol. The maximum Gasteiger partial charge on any atom is 0.317 e. The van der Waals surface area contributed by atoms with Crippen molar-refractivity contribution in [1.82, 2.24) is 109 Å². The van der Waals surface area contributed by atoms with Crippen molar-refractivity contribution in [2.75, 3.05) is 406 Å². The van der Waals surface area contributed by atoms with Crippen LogP contribution >= 0.6 is 0 Å². The van der Waals surface area contributed by atoms with Gasteiger partial charge in [0.2, 0.25) is 0 Å². The van der Waals surface area contributed by atoms with Crippen molar-refractivity contribution in [2.24, 2.45) is 121 Å². The molecule has 55 N–H and O–H groups in total. The molecule has 3 atom stereocenters. The van der Waals surface area contributed by atoms with E-state index in [0.717, 1.165) is 384 Å². The summed E-state index contributed by atoms with van der Waals surface area (Å²) in [6.45, 7) is 67.8. The molecule has 0 aromatic carbocycles. The number of carbonyl (C=O) groups is 2. The monoisotopic (exact) mass is 2030 g/mol. The quantitative estimate of drug-likeness (QED) is 0.0252. The summed E-state index contributed by atoms with van der Waals surface area (Å²) in [5.41, 5.74) is 107. The number of nitrogens with two attached hydrogens (primary N) is 20. The smallest absolute Gasteiger partial charge is 0.317 e. The highest BCUT2D eigenvalue weighted by atomic mass is 16.2. The first-order valence-corrected chi connectivity index (χ1v) is 56.2. The lowest BCUT2D eigenvalue weighted by atomic mass is 10.1. The highest BCUT2D eigenvalue weighted by Crippen LogP contribution is 2.05. The standard InChI is InChI=1S/C11H22N4O.2C9H24N4.C9H21N3.2C9H23N3.C8H19N3.C7H17N3.C6H17N3.C6H14N2.C5H15N3.C4H8N2O.2C3H10N2/c16-11-13-3-1-7-15(11)8-2-6-14-9-4-12-5-10-14;10-4-1-7-13(8-2-5-11)9-3-6-12;10-4-1-6-12-8-3-9-13-7-2-5-11;10-4-1-7-12-8-2-5-11-6-3-9-12;1-8(6-10)4-3-5-12-7-9(2)11;10-6-3-1-2-4-8-12-9-5-7-11;9-3-8-11-6-1-4-10-5-2-7-11;8-2-1-5-10-6-3-9-4-7-10;7-3-1-5-9-6-2-4-8;1-3-7-5-2-6-8-4-1;6-2-1-4-8-5-3-7;7-4-5-2-1-3-6-4;1-3(5)2-4;4-2-1-3-5/h12H,1-10H2,(H,13,16);1-12H2;12-13H,1-11H2;11H,1-10H2;8-9,12H,3-7,10-11H2,1-2H3;12H,1-11H2;10H,1-9H2;9H,1-8H2;9H,1-8H2;7-8H,1-6H2;8H,1-7H2;1-3H2,(H2,5,6,7);3H,2,4-5H2,1H3;1-5H2. The summed E-state index contributed by atoms with van der Waals surface area (Å²) in [6.07, 6.45) is 32.3. The Morgan fingerprint density at radius 1 is 0.255 bits per heavy atom. The van der Waals surface area contributed by atoms with E-state index in [2.05, 4.69) is 111 Å². The lowest BCUT2D eigenvalue weighted by molar-refractivity contribution is 0.177. The first-order valence-electron chi connectivity index (χ1n) is 56.2. The van der Waals surface area contributed by atoms with Gasteiger partial charge < -0.3 is 224 Å². The van der Waals surface area contributed by atoms with Crippen LogP contribution in [-0.2, 0) is 0 Å². The number of nitrogens with zero attached hydrogens (tertiary/aromatic N) is 6. The van der Waals surface area contributed by atoms with Crippen LogP contribution in [0.3, 0.4) is 0 Å². The molecule has 7 aliphatic heterocycles. The average molecular weight is 2030 g/mol. The van der Waals surface area contributed by atoms with Crippen LogP contribution in [0.25, 0.3) is 0 Å². The summed E-state index contributed by atoms with van der Waals surface area (Å²) in [7, 11) is 0. The molecule has 0 radical (unpaired) electrons. The minimum atomic E-state index is -0.0359. The molecule has 0 bridgehead atoms. The highest BCUT2D eigenvalue weighted by molar-refractivity contribution is 5.75. The third kappa shape index (κ3) is 141. The summed E-state index contributed by atoms with van der Waals surface area (Å²) < 4.78 is 0. The van der Waals surface area contributed by atoms with Gasteiger partial charge in [-0.05, 0) is 468 Å². The third-order valence-electron chi connectivity index (χ3n) is 22.4. The van der Waals surface area contributed by atoms with Crippen molar-refractivity contribution < 1.29 is 9.59 Å². The SMILES string of the molecule is C1CNCCCNC1.CC(N)CN.CC(N)CNCCCC(C)CN.NCCCCCCNCCCN.NCCCN.NCCCN(CCCN)CCCN.NCCCN1CCCNCCC1.NCCCN1CCNCC1.NCCCNCCCN.NCCCNCCCNCCCN.NCCCNCCN.NCCN1CCCNCCC1.O=C1NCCCN1.O=C1NCCCN1CCCN1CCNCC1. The zero-order valence-corrected chi connectivity index (χ0v) is 91.9. The first kappa shape index (κ1) is 151. The Morgan fingerprint density at radius 2 is 0.560 bits per heavy atom. The Balaban J connectivity index is -0.000000277. The normalized spacial score (nSPS) is 16.4. The molecule has 7 aliphatic rings. The zero-order valence-electron chi connectivity index (χ0n) is 91.9. The van der Waals surface area contributed by atoms with Gasteiger partial charge in [0.15, 0.2) is 0 Å². The molecular formula is C98H247N41O2. The Labute approximate surface area is 865 Å². The second-order valence-corrected chi connectivity index (χ2v) is 36.5. The van der Waals surface area contributed by atoms with Crippen molar-refractivity contribution in [3.05, 3.63) is 0 Å². The van der Waals surface area contributed by atoms with Gasteiger partial charge >= 0.3 is 12.1 Å². The van der Waals surface area contributed by atoms with Gasteiger partial charge in [-0.25, -0.2) is 9.59 Å². The Hall–Kier alpha value is -2.94. The molecule has 0 saturated carbocycles. The van der Waals surface area contributed by atoms with E-state index in [4.69, 9.17) is 115 Å². The van der Waals surface area contributed by atoms with E-state index in [0.29, 0.717) is 19.0 Å². The van der Waals surface area contributed by atoms with Crippen molar-refractivity contribution in [3.63, 3.8) is 0 Å². The van der Waals surface area contributed by atoms with Crippen LogP contribution in [0, 0.1) is 5.92 Å². The first-order chi connectivity index (χ1) is 68.9. The molecule has 43 nitrogen and oxygen atoms in total. The van der Waals surface area contributed by atoms with E-state index in [9.17, 15) is 9.59 Å². The van der Waals surface area contributed by atoms with Gasteiger partial charge in [0.1, 0.15) is 0 Å². The molecule has 7 saturated heterocycles. The van der Waals surface area contributed by atoms with E-state index in [1.54, 1.807) is 0 Å². The van der Waals surface area contributed by atoms with Gasteiger partial charge in [-0.2, -0.15) is 0 Å². The molecule has 0 aliphatic carbocycles. The number of unbranched alkanes of at least 4 members (excludes halogenated alkanes) is 3. The van der Waals surface area contributed by atoms with Crippen molar-refractivity contribution in [3.8, 4) is 0 Å². The van der Waals surface area contributed by atoms with E-state index in [-0.39, 0.29) is 24.1 Å². The van der Waals surface area contributed by atoms with Crippen LogP contribution in [0.4, 0.5) is 9.59 Å². The maximum atomic E-state index is 11.5. The predicted molar refractivity (Wildman–Crippen MR) is 612 cm³/mol. The Bertz CT molecular complexity index is 2070. The number of urea groups is 2. The number of rotatable bonds is 61. The molecule has 3 unspecified atom stereocenters. The number of hydrogen-bond acceptors (Lipinski definition) is 39. The van der Waals surface area contributed by atoms with Gasteiger partial charge in [-0.3, -0.25) is 0 Å². The van der Waals surface area contributed by atoms with Gasteiger partial charge in [-0.1, -0.05) is 19.8 Å². The van der Waals surface area contributed by atoms with Gasteiger partial charge in [-0.15, -0.1) is 0 Å². The molecule has 0 aromatic rings. The van der Waals surface area contributed by atoms with E-state index >= 15 is 0 Å². The summed E-state index contributed by atoms with van der Waals surface area (Å²) in [5.74, 6) is 0.655. The summed E-state index contributed by atoms with van der Waals surface area (Å²) in [6, 6.07) is 0.504. The fraction of sp³-hybridized carbons (Fsp3) is 0.980. The number of nitrogens with one attached hydrogen (secondary N) is 15. The van der Waals surface area contributed by atoms with Crippen LogP contribution in [-0.4, -0.2) is 459 Å². The largest absolute Gasteiger partial charge is 0.338 e. The lowest BCUT2D eigenvalue weighted by Crippen LogP contribution is -2.48. The maximum absolute atomic E-state index is 11.5. The predicted octanol–water partition coefficient (Wildman–Crippen LogP) is -5.69. The Kier molecular flexibility index (Phi) is 149. The van der Waals surface area contributed by atoms with Crippen LogP contribution in [0.1, 0.15) is 201 Å². The van der Waals surface area contributed by atoms with Gasteiger partial charge in [0.25, 0.3) is 0 Å². The number of amides is 4. The number of piperazine rings is 2. The lowest BCUT2D eigenvalue weighted by Gasteiger charge is -2.30. The number of hydrogen-bond donors (Lipinski definition) is 35. The molecule has 43 heteroatoms. The van der Waals surface area contributed by atoms with E-state index in [1.165, 1.54) is 188 Å². The fourth-order valence-corrected chi connectivity index (χ4v) is 13.8. The molecule has 7 heterocycles. The van der Waals surface area contributed by atoms with E-state index in [1.807, 2.05) is 18.7 Å². The molecule has 141 heavy (non-hydrogen) atoms. The molecule has 0 spiro atoms. The molecule has 7 rings (SSSR count). The average Bonchev–Trinajstić information content (AvgIpc) is 0.904. The fourth-order valence-electron chi connectivity index (χ4n) is 13.8. The van der Waals surface area contributed by atoms with Crippen LogP contribution in [0.15, 0.2) is 0 Å². The third-order valence-corrected chi connectivity index (χ3v) is 22.4. The summed E-state index contributed by atoms with van der Waals surface area (Å²) in [4.78, 5) is 36.0. The number of carbonyl (C=O) groups excluding carboxylic acids is 2. The van der Waals surface area contributed by atoms with Crippen LogP contribution in [0.5, 0.6) is 0 Å². The van der Waals surface area contributed by atoms with Gasteiger partial charge in [0.05, 0.1) is 0 Å². The minimum Gasteiger partial charge on any atom is -0.338 e. The highest BCUT2D eigenvalue weighted by Gasteiger charge is 2.18. The molecule has 0 aromatic heterocycles. The minimum absolute atomic E-state index is 0.0359. The molecule has 856 valence electrons. The molecule has 7 fully saturated rings. The zero-order chi connectivity index (χ0) is 106. The second kappa shape index (κ2) is 139. The van der Waals surface area contributed by atoms with Crippen LogP contribution in [0.2, 0.25) is 0 Å². The van der Waals surface area contributed by atoms with Crippen molar-refractivity contribution in [1.29, 1.82) is 0 Å².